The number of aromatic hydroxyl groups is 1. The number of phenols is 1. The Kier molecular flexibility index (Phi) is 6.15. The van der Waals surface area contributed by atoms with Crippen molar-refractivity contribution in [3.63, 3.8) is 0 Å². The molecule has 1 atom stereocenters. The number of hydrogen-bond acceptors (Lipinski definition) is 4. The summed E-state index contributed by atoms with van der Waals surface area (Å²) >= 11 is 0. The van der Waals surface area contributed by atoms with Crippen LogP contribution in [0.1, 0.15) is 26.2 Å². The summed E-state index contributed by atoms with van der Waals surface area (Å²) in [5, 5.41) is 12.3. The number of benzene rings is 1. The van der Waals surface area contributed by atoms with Crippen molar-refractivity contribution in [2.24, 2.45) is 11.7 Å². The SMILES string of the molecule is COc1ccc(O)c(NC(=O)CCC(C)CCN)c1. The van der Waals surface area contributed by atoms with Gasteiger partial charge in [-0.3, -0.25) is 4.79 Å². The first-order valence-electron chi connectivity index (χ1n) is 6.43. The molecule has 1 unspecified atom stereocenters. The van der Waals surface area contributed by atoms with E-state index in [0.29, 0.717) is 30.3 Å². The van der Waals surface area contributed by atoms with Crippen LogP contribution in [0.4, 0.5) is 5.69 Å². The van der Waals surface area contributed by atoms with Crippen LogP contribution in [0.5, 0.6) is 11.5 Å². The van der Waals surface area contributed by atoms with Crippen LogP contribution in [0.25, 0.3) is 0 Å². The van der Waals surface area contributed by atoms with Gasteiger partial charge in [0.25, 0.3) is 0 Å². The third-order valence-electron chi connectivity index (χ3n) is 3.00. The number of phenolic OH excluding ortho intramolecular Hbond substituents is 1. The van der Waals surface area contributed by atoms with Crippen LogP contribution in [-0.4, -0.2) is 24.7 Å². The van der Waals surface area contributed by atoms with E-state index in [0.717, 1.165) is 12.8 Å². The van der Waals surface area contributed by atoms with Crippen LogP contribution in [0.2, 0.25) is 0 Å². The van der Waals surface area contributed by atoms with Crippen molar-refractivity contribution in [2.45, 2.75) is 26.2 Å². The van der Waals surface area contributed by atoms with Crippen LogP contribution in [0.15, 0.2) is 18.2 Å². The molecule has 0 fully saturated rings. The molecular weight excluding hydrogens is 244 g/mol. The van der Waals surface area contributed by atoms with Crippen LogP contribution < -0.4 is 15.8 Å². The van der Waals surface area contributed by atoms with Crippen LogP contribution >= 0.6 is 0 Å². The fourth-order valence-electron chi connectivity index (χ4n) is 1.76. The van der Waals surface area contributed by atoms with Crippen molar-refractivity contribution in [3.05, 3.63) is 18.2 Å². The molecular formula is C14H22N2O3. The Morgan fingerprint density at radius 2 is 2.21 bits per heavy atom. The predicted octanol–water partition coefficient (Wildman–Crippen LogP) is 2.10. The minimum absolute atomic E-state index is 0.0316. The molecule has 0 spiro atoms. The lowest BCUT2D eigenvalue weighted by Gasteiger charge is -2.11. The van der Waals surface area contributed by atoms with Gasteiger partial charge in [-0.25, -0.2) is 0 Å². The second-order valence-electron chi connectivity index (χ2n) is 4.65. The predicted molar refractivity (Wildman–Crippen MR) is 75.4 cm³/mol. The monoisotopic (exact) mass is 266 g/mol. The van der Waals surface area contributed by atoms with E-state index >= 15 is 0 Å². The molecule has 0 aliphatic rings. The van der Waals surface area contributed by atoms with Gasteiger partial charge in [-0.05, 0) is 37.4 Å². The van der Waals surface area contributed by atoms with Crippen LogP contribution in [-0.2, 0) is 4.79 Å². The number of carbonyl (C=O) groups is 1. The number of nitrogens with one attached hydrogen (secondary N) is 1. The molecule has 1 aromatic carbocycles. The molecule has 0 radical (unpaired) electrons. The molecule has 106 valence electrons. The lowest BCUT2D eigenvalue weighted by Crippen LogP contribution is -2.14. The molecule has 0 aromatic heterocycles. The van der Waals surface area contributed by atoms with Gasteiger partial charge in [0, 0.05) is 12.5 Å². The number of carbonyl (C=O) groups excluding carboxylic acids is 1. The Hall–Kier alpha value is -1.75. The van der Waals surface area contributed by atoms with Crippen LogP contribution in [0, 0.1) is 5.92 Å². The minimum atomic E-state index is -0.118. The van der Waals surface area contributed by atoms with E-state index in [1.54, 1.807) is 12.1 Å². The van der Waals surface area contributed by atoms with Gasteiger partial charge in [-0.15, -0.1) is 0 Å². The van der Waals surface area contributed by atoms with E-state index in [1.165, 1.54) is 13.2 Å². The van der Waals surface area contributed by atoms with E-state index in [9.17, 15) is 9.90 Å². The van der Waals surface area contributed by atoms with Gasteiger partial charge in [-0.2, -0.15) is 0 Å². The zero-order valence-electron chi connectivity index (χ0n) is 11.5. The first kappa shape index (κ1) is 15.3. The second-order valence-corrected chi connectivity index (χ2v) is 4.65. The van der Waals surface area contributed by atoms with E-state index in [2.05, 4.69) is 12.2 Å². The molecule has 5 heteroatoms. The van der Waals surface area contributed by atoms with Gasteiger partial charge in [0.2, 0.25) is 5.91 Å². The number of rotatable bonds is 7. The van der Waals surface area contributed by atoms with Gasteiger partial charge in [0.05, 0.1) is 12.8 Å². The average molecular weight is 266 g/mol. The van der Waals surface area contributed by atoms with E-state index in [1.807, 2.05) is 0 Å². The summed E-state index contributed by atoms with van der Waals surface area (Å²) in [6.45, 7) is 2.71. The first-order chi connectivity index (χ1) is 9.06. The topological polar surface area (TPSA) is 84.6 Å². The Labute approximate surface area is 113 Å². The average Bonchev–Trinajstić information content (AvgIpc) is 2.39. The number of anilines is 1. The molecule has 0 saturated heterocycles. The standard InChI is InChI=1S/C14H22N2O3/c1-10(7-8-15)3-6-14(18)16-12-9-11(19-2)4-5-13(12)17/h4-5,9-10,17H,3,6-8,15H2,1-2H3,(H,16,18). The largest absolute Gasteiger partial charge is 0.506 e. The molecule has 0 bridgehead atoms. The summed E-state index contributed by atoms with van der Waals surface area (Å²) in [6.07, 6.45) is 2.11. The molecule has 0 saturated carbocycles. The number of nitrogens with two attached hydrogens (primary N) is 1. The summed E-state index contributed by atoms with van der Waals surface area (Å²) in [7, 11) is 1.53. The maximum Gasteiger partial charge on any atom is 0.224 e. The highest BCUT2D eigenvalue weighted by Crippen LogP contribution is 2.28. The fourth-order valence-corrected chi connectivity index (χ4v) is 1.76. The molecule has 4 N–H and O–H groups in total. The number of ether oxygens (including phenoxy) is 1. The van der Waals surface area contributed by atoms with Crippen molar-refractivity contribution < 1.29 is 14.6 Å². The first-order valence-corrected chi connectivity index (χ1v) is 6.43. The Morgan fingerprint density at radius 3 is 2.84 bits per heavy atom. The van der Waals surface area contributed by atoms with Crippen molar-refractivity contribution in [2.75, 3.05) is 19.0 Å². The zero-order chi connectivity index (χ0) is 14.3. The Balaban J connectivity index is 2.52. The van der Waals surface area contributed by atoms with Crippen molar-refractivity contribution >= 4 is 11.6 Å². The molecule has 0 heterocycles. The highest BCUT2D eigenvalue weighted by molar-refractivity contribution is 5.92. The summed E-state index contributed by atoms with van der Waals surface area (Å²) < 4.78 is 5.05. The van der Waals surface area contributed by atoms with Gasteiger partial charge in [-0.1, -0.05) is 6.92 Å². The number of hydrogen-bond donors (Lipinski definition) is 3. The highest BCUT2D eigenvalue weighted by Gasteiger charge is 2.09. The Bertz CT molecular complexity index is 421. The number of amides is 1. The third kappa shape index (κ3) is 5.18. The van der Waals surface area contributed by atoms with Crippen molar-refractivity contribution in [1.82, 2.24) is 0 Å². The maximum atomic E-state index is 11.8. The van der Waals surface area contributed by atoms with Gasteiger partial charge in [0.15, 0.2) is 0 Å². The molecule has 1 amide bonds. The third-order valence-corrected chi connectivity index (χ3v) is 3.00. The smallest absolute Gasteiger partial charge is 0.224 e. The molecule has 0 aliphatic heterocycles. The van der Waals surface area contributed by atoms with E-state index in [4.69, 9.17) is 10.5 Å². The summed E-state index contributed by atoms with van der Waals surface area (Å²) in [4.78, 5) is 11.8. The highest BCUT2D eigenvalue weighted by atomic mass is 16.5. The van der Waals surface area contributed by atoms with Gasteiger partial charge < -0.3 is 20.9 Å². The fraction of sp³-hybridized carbons (Fsp3) is 0.500. The molecule has 1 rings (SSSR count). The summed E-state index contributed by atoms with van der Waals surface area (Å²) in [5.41, 5.74) is 5.83. The van der Waals surface area contributed by atoms with Gasteiger partial charge in [0.1, 0.15) is 11.5 Å². The minimum Gasteiger partial charge on any atom is -0.506 e. The molecule has 0 aliphatic carbocycles. The summed E-state index contributed by atoms with van der Waals surface area (Å²) in [6, 6.07) is 4.72. The Morgan fingerprint density at radius 1 is 1.47 bits per heavy atom. The zero-order valence-corrected chi connectivity index (χ0v) is 11.5. The van der Waals surface area contributed by atoms with Crippen LogP contribution in [0.3, 0.4) is 0 Å². The quantitative estimate of drug-likeness (QED) is 0.660. The normalized spacial score (nSPS) is 11.9. The second kappa shape index (κ2) is 7.63. The van der Waals surface area contributed by atoms with E-state index in [-0.39, 0.29) is 11.7 Å². The molecule has 5 nitrogen and oxygen atoms in total. The van der Waals surface area contributed by atoms with Crippen molar-refractivity contribution in [1.29, 1.82) is 0 Å². The van der Waals surface area contributed by atoms with E-state index < -0.39 is 0 Å². The van der Waals surface area contributed by atoms with Gasteiger partial charge >= 0.3 is 0 Å². The molecule has 19 heavy (non-hydrogen) atoms. The summed E-state index contributed by atoms with van der Waals surface area (Å²) in [5.74, 6) is 0.927. The maximum absolute atomic E-state index is 11.8. The number of methoxy groups -OCH3 is 1. The lowest BCUT2D eigenvalue weighted by atomic mass is 10.0. The molecule has 1 aromatic rings. The lowest BCUT2D eigenvalue weighted by molar-refractivity contribution is -0.116. The van der Waals surface area contributed by atoms with Crippen molar-refractivity contribution in [3.8, 4) is 11.5 Å².